The maximum Gasteiger partial charge on any atom is 0.126 e. The van der Waals surface area contributed by atoms with E-state index in [9.17, 15) is 0 Å². The molecule has 3 aromatic rings. The molecule has 186 valence electrons. The summed E-state index contributed by atoms with van der Waals surface area (Å²) in [6, 6.07) is 22.4. The van der Waals surface area contributed by atoms with Crippen molar-refractivity contribution < 1.29 is 0 Å². The summed E-state index contributed by atoms with van der Waals surface area (Å²) < 4.78 is 0. The third-order valence-electron chi connectivity index (χ3n) is 6.96. The minimum atomic E-state index is 0.169. The third kappa shape index (κ3) is 6.59. The third-order valence-corrected chi connectivity index (χ3v) is 7.37. The highest BCUT2D eigenvalue weighted by Crippen LogP contribution is 2.42. The zero-order chi connectivity index (χ0) is 24.6. The lowest BCUT2D eigenvalue weighted by Crippen LogP contribution is -2.29. The van der Waals surface area contributed by atoms with Gasteiger partial charge in [0.2, 0.25) is 0 Å². The number of anilines is 2. The molecular formula is C31H40ClN3. The number of hydrogen-bond acceptors (Lipinski definition) is 3. The first-order chi connectivity index (χ1) is 17.1. The van der Waals surface area contributed by atoms with Crippen LogP contribution >= 0.6 is 11.6 Å². The van der Waals surface area contributed by atoms with Gasteiger partial charge in [-0.15, -0.1) is 0 Å². The van der Waals surface area contributed by atoms with Gasteiger partial charge < -0.3 is 15.5 Å². The van der Waals surface area contributed by atoms with Crippen LogP contribution in [0.3, 0.4) is 0 Å². The number of nitrogens with one attached hydrogen (secondary N) is 2. The number of unbranched alkanes of at least 4 members (excludes halogenated alkanes) is 2. The minimum Gasteiger partial charge on any atom is -0.360 e. The molecule has 1 heterocycles. The van der Waals surface area contributed by atoms with Gasteiger partial charge in [-0.2, -0.15) is 0 Å². The maximum atomic E-state index is 6.38. The van der Waals surface area contributed by atoms with Crippen LogP contribution in [-0.2, 0) is 12.8 Å². The first-order valence-electron chi connectivity index (χ1n) is 13.3. The number of hydrogen-bond donors (Lipinski definition) is 2. The van der Waals surface area contributed by atoms with Gasteiger partial charge in [-0.25, -0.2) is 0 Å². The Kier molecular flexibility index (Phi) is 9.12. The Morgan fingerprint density at radius 1 is 0.914 bits per heavy atom. The maximum absolute atomic E-state index is 6.38. The van der Waals surface area contributed by atoms with Gasteiger partial charge in [0.05, 0.1) is 11.4 Å². The van der Waals surface area contributed by atoms with E-state index in [0.29, 0.717) is 0 Å². The molecule has 0 fully saturated rings. The number of fused-ring (bicyclic) bond motifs is 1. The second-order valence-electron chi connectivity index (χ2n) is 9.76. The molecule has 4 rings (SSSR count). The predicted molar refractivity (Wildman–Crippen MR) is 152 cm³/mol. The Morgan fingerprint density at radius 2 is 1.74 bits per heavy atom. The average Bonchev–Trinajstić information content (AvgIpc) is 3.23. The van der Waals surface area contributed by atoms with Gasteiger partial charge in [0.25, 0.3) is 0 Å². The summed E-state index contributed by atoms with van der Waals surface area (Å²) in [6.07, 6.45) is 7.02. The Balaban J connectivity index is 1.52. The van der Waals surface area contributed by atoms with Gasteiger partial charge in [0, 0.05) is 11.6 Å². The van der Waals surface area contributed by atoms with Crippen molar-refractivity contribution in [2.24, 2.45) is 0 Å². The molecule has 0 saturated heterocycles. The summed E-state index contributed by atoms with van der Waals surface area (Å²) in [5, 5.41) is 8.10. The minimum absolute atomic E-state index is 0.169. The molecule has 0 aliphatic carbocycles. The van der Waals surface area contributed by atoms with Gasteiger partial charge in [-0.3, -0.25) is 0 Å². The summed E-state index contributed by atoms with van der Waals surface area (Å²) in [4.78, 5) is 2.57. The Hall–Kier alpha value is -2.49. The van der Waals surface area contributed by atoms with Crippen molar-refractivity contribution in [1.29, 1.82) is 0 Å². The van der Waals surface area contributed by atoms with Gasteiger partial charge >= 0.3 is 0 Å². The second kappa shape index (κ2) is 12.5. The molecule has 0 radical (unpaired) electrons. The smallest absolute Gasteiger partial charge is 0.126 e. The van der Waals surface area contributed by atoms with E-state index < -0.39 is 0 Å². The fraction of sp³-hybridized carbons (Fsp3) is 0.419. The van der Waals surface area contributed by atoms with E-state index in [-0.39, 0.29) is 6.17 Å². The molecule has 2 N–H and O–H groups in total. The molecule has 1 aliphatic heterocycles. The fourth-order valence-electron chi connectivity index (χ4n) is 4.91. The molecule has 0 bridgehead atoms. The van der Waals surface area contributed by atoms with Crippen molar-refractivity contribution in [3.63, 3.8) is 0 Å². The molecule has 1 atom stereocenters. The fourth-order valence-corrected chi connectivity index (χ4v) is 5.11. The SMILES string of the molecule is CCCCN1c2cc(CCCCNCC)ccc2NC1c1cccc(Cc2ccc(C)c(Cl)c2)c1. The number of aryl methyl sites for hydroxylation is 2. The van der Waals surface area contributed by atoms with Crippen molar-refractivity contribution in [2.75, 3.05) is 29.9 Å². The van der Waals surface area contributed by atoms with Crippen LogP contribution < -0.4 is 15.5 Å². The van der Waals surface area contributed by atoms with Crippen LogP contribution in [0.25, 0.3) is 0 Å². The van der Waals surface area contributed by atoms with Crippen LogP contribution in [-0.4, -0.2) is 19.6 Å². The lowest BCUT2D eigenvalue weighted by Gasteiger charge is -2.28. The van der Waals surface area contributed by atoms with E-state index in [1.165, 1.54) is 59.3 Å². The van der Waals surface area contributed by atoms with E-state index in [0.717, 1.165) is 43.1 Å². The van der Waals surface area contributed by atoms with Crippen LogP contribution in [0.4, 0.5) is 11.4 Å². The monoisotopic (exact) mass is 489 g/mol. The molecule has 4 heteroatoms. The van der Waals surface area contributed by atoms with E-state index in [2.05, 4.69) is 97.0 Å². The van der Waals surface area contributed by atoms with Crippen molar-refractivity contribution >= 4 is 23.0 Å². The first kappa shape index (κ1) is 25.6. The molecular weight excluding hydrogens is 450 g/mol. The standard InChI is InChI=1S/C31H40ClN3/c1-4-6-18-35-30-22-24(10-7-8-17-33-5-2)15-16-29(30)34-31(35)27-12-9-11-25(20-27)19-26-14-13-23(3)28(32)21-26/h9,11-16,20-22,31,33-34H,4-8,10,17-19H2,1-3H3. The largest absolute Gasteiger partial charge is 0.360 e. The van der Waals surface area contributed by atoms with Gasteiger partial charge in [0.1, 0.15) is 6.17 Å². The second-order valence-corrected chi connectivity index (χ2v) is 10.2. The summed E-state index contributed by atoms with van der Waals surface area (Å²) in [6.45, 7) is 9.71. The van der Waals surface area contributed by atoms with Crippen molar-refractivity contribution in [3.05, 3.63) is 93.5 Å². The van der Waals surface area contributed by atoms with Gasteiger partial charge in [-0.1, -0.05) is 74.3 Å². The highest BCUT2D eigenvalue weighted by Gasteiger charge is 2.29. The average molecular weight is 490 g/mol. The zero-order valence-corrected chi connectivity index (χ0v) is 22.3. The van der Waals surface area contributed by atoms with E-state index in [1.807, 2.05) is 0 Å². The van der Waals surface area contributed by atoms with E-state index in [1.54, 1.807) is 0 Å². The lowest BCUT2D eigenvalue weighted by atomic mass is 10.0. The van der Waals surface area contributed by atoms with Crippen LogP contribution in [0.5, 0.6) is 0 Å². The number of halogens is 1. The topological polar surface area (TPSA) is 27.3 Å². The summed E-state index contributed by atoms with van der Waals surface area (Å²) in [5.74, 6) is 0. The number of benzene rings is 3. The highest BCUT2D eigenvalue weighted by molar-refractivity contribution is 6.31. The van der Waals surface area contributed by atoms with E-state index in [4.69, 9.17) is 11.6 Å². The normalized spacial score (nSPS) is 14.7. The van der Waals surface area contributed by atoms with Gasteiger partial charge in [0.15, 0.2) is 0 Å². The summed E-state index contributed by atoms with van der Waals surface area (Å²) >= 11 is 6.38. The highest BCUT2D eigenvalue weighted by atomic mass is 35.5. The molecule has 0 aromatic heterocycles. The molecule has 3 aromatic carbocycles. The van der Waals surface area contributed by atoms with Crippen LogP contribution in [0, 0.1) is 6.92 Å². The lowest BCUT2D eigenvalue weighted by molar-refractivity contribution is 0.640. The zero-order valence-electron chi connectivity index (χ0n) is 21.5. The van der Waals surface area contributed by atoms with Crippen LogP contribution in [0.1, 0.15) is 73.5 Å². The molecule has 0 amide bonds. The van der Waals surface area contributed by atoms with Crippen molar-refractivity contribution in [2.45, 2.75) is 65.5 Å². The first-order valence-corrected chi connectivity index (χ1v) is 13.7. The van der Waals surface area contributed by atoms with Crippen molar-refractivity contribution in [1.82, 2.24) is 5.32 Å². The molecule has 35 heavy (non-hydrogen) atoms. The number of rotatable bonds is 12. The number of nitrogens with zero attached hydrogens (tertiary/aromatic N) is 1. The molecule has 1 unspecified atom stereocenters. The molecule has 0 saturated carbocycles. The van der Waals surface area contributed by atoms with E-state index >= 15 is 0 Å². The molecule has 1 aliphatic rings. The molecule has 3 nitrogen and oxygen atoms in total. The Bertz CT molecular complexity index is 1110. The van der Waals surface area contributed by atoms with Crippen LogP contribution in [0.2, 0.25) is 5.02 Å². The Labute approximate surface area is 216 Å². The molecule has 0 spiro atoms. The quantitative estimate of drug-likeness (QED) is 0.253. The van der Waals surface area contributed by atoms with Crippen molar-refractivity contribution in [3.8, 4) is 0 Å². The van der Waals surface area contributed by atoms with Crippen LogP contribution in [0.15, 0.2) is 60.7 Å². The van der Waals surface area contributed by atoms with Gasteiger partial charge in [-0.05, 0) is 98.1 Å². The summed E-state index contributed by atoms with van der Waals surface area (Å²) in [7, 11) is 0. The predicted octanol–water partition coefficient (Wildman–Crippen LogP) is 7.90. The summed E-state index contributed by atoms with van der Waals surface area (Å²) in [5.41, 5.74) is 9.05. The Morgan fingerprint density at radius 3 is 2.54 bits per heavy atom.